The quantitative estimate of drug-likeness (QED) is 0.875. The zero-order valence-corrected chi connectivity index (χ0v) is 15.1. The van der Waals surface area contributed by atoms with E-state index in [1.807, 2.05) is 32.0 Å². The van der Waals surface area contributed by atoms with Crippen LogP contribution < -0.4 is 15.5 Å². The second-order valence-corrected chi connectivity index (χ2v) is 7.21. The molecule has 1 fully saturated rings. The van der Waals surface area contributed by atoms with Crippen LogP contribution in [0.25, 0.3) is 0 Å². The van der Waals surface area contributed by atoms with Crippen molar-refractivity contribution in [3.63, 3.8) is 0 Å². The number of nitrogens with zero attached hydrogens (tertiary/aromatic N) is 3. The predicted octanol–water partition coefficient (Wildman–Crippen LogP) is 4.18. The summed E-state index contributed by atoms with van der Waals surface area (Å²) in [5.41, 5.74) is 3.01. The van der Waals surface area contributed by atoms with Crippen LogP contribution in [0.2, 0.25) is 0 Å². The molecule has 2 aromatic rings. The highest BCUT2D eigenvalue weighted by atomic mass is 32.1. The summed E-state index contributed by atoms with van der Waals surface area (Å²) in [6, 6.07) is 6.03. The lowest BCUT2D eigenvalue weighted by molar-refractivity contribution is 0.262. The molecule has 6 nitrogen and oxygen atoms in total. The molecule has 1 aliphatic rings. The summed E-state index contributed by atoms with van der Waals surface area (Å²) in [6.07, 6.45) is 3.62. The van der Waals surface area contributed by atoms with E-state index in [0.29, 0.717) is 11.2 Å². The van der Waals surface area contributed by atoms with Gasteiger partial charge in [0.2, 0.25) is 10.3 Å². The first-order valence-electron chi connectivity index (χ1n) is 8.29. The van der Waals surface area contributed by atoms with Gasteiger partial charge in [0.15, 0.2) is 0 Å². The summed E-state index contributed by atoms with van der Waals surface area (Å²) in [4.78, 5) is 14.5. The largest absolute Gasteiger partial charge is 0.344 e. The Morgan fingerprint density at radius 3 is 2.88 bits per heavy atom. The molecule has 0 bridgehead atoms. The molecule has 0 aliphatic carbocycles. The molecular formula is C17H23N5OS. The normalized spacial score (nSPS) is 17.6. The van der Waals surface area contributed by atoms with E-state index in [1.165, 1.54) is 30.6 Å². The van der Waals surface area contributed by atoms with Crippen LogP contribution >= 0.6 is 11.3 Å². The summed E-state index contributed by atoms with van der Waals surface area (Å²) < 4.78 is 0. The summed E-state index contributed by atoms with van der Waals surface area (Å²) in [7, 11) is 0. The van der Waals surface area contributed by atoms with Gasteiger partial charge in [-0.05, 0) is 57.2 Å². The van der Waals surface area contributed by atoms with Gasteiger partial charge in [-0.25, -0.2) is 4.79 Å². The smallest absolute Gasteiger partial charge is 0.325 e. The number of aromatic nitrogens is 2. The highest BCUT2D eigenvalue weighted by Gasteiger charge is 2.22. The van der Waals surface area contributed by atoms with Gasteiger partial charge in [0.05, 0.1) is 0 Å². The molecule has 2 N–H and O–H groups in total. The van der Waals surface area contributed by atoms with Crippen molar-refractivity contribution in [3.8, 4) is 0 Å². The van der Waals surface area contributed by atoms with Crippen LogP contribution in [0.1, 0.15) is 37.3 Å². The van der Waals surface area contributed by atoms with Gasteiger partial charge in [-0.2, -0.15) is 0 Å². The molecule has 0 radical (unpaired) electrons. The molecule has 2 heterocycles. The SMILES string of the molecule is Cc1cccc(NC(=O)Nc2nnc(N3CCCC[C@@H]3C)s2)c1C. The van der Waals surface area contributed by atoms with E-state index in [0.717, 1.165) is 28.5 Å². The molecule has 0 spiro atoms. The third-order valence-electron chi connectivity index (χ3n) is 4.54. The van der Waals surface area contributed by atoms with Gasteiger partial charge in [0.25, 0.3) is 0 Å². The maximum Gasteiger partial charge on any atom is 0.325 e. The third kappa shape index (κ3) is 3.67. The molecule has 0 saturated carbocycles. The van der Waals surface area contributed by atoms with Gasteiger partial charge >= 0.3 is 6.03 Å². The Morgan fingerprint density at radius 2 is 2.08 bits per heavy atom. The average Bonchev–Trinajstić information content (AvgIpc) is 3.00. The van der Waals surface area contributed by atoms with E-state index in [1.54, 1.807) is 0 Å². The fourth-order valence-electron chi connectivity index (χ4n) is 2.90. The molecule has 2 amide bonds. The van der Waals surface area contributed by atoms with Gasteiger partial charge in [0.1, 0.15) is 0 Å². The van der Waals surface area contributed by atoms with Crippen LogP contribution in [-0.4, -0.2) is 28.8 Å². The van der Waals surface area contributed by atoms with Crippen molar-refractivity contribution in [2.45, 2.75) is 46.1 Å². The number of nitrogens with one attached hydrogen (secondary N) is 2. The van der Waals surface area contributed by atoms with Crippen molar-refractivity contribution < 1.29 is 4.79 Å². The van der Waals surface area contributed by atoms with Crippen molar-refractivity contribution >= 4 is 33.3 Å². The van der Waals surface area contributed by atoms with Crippen LogP contribution in [0.5, 0.6) is 0 Å². The second-order valence-electron chi connectivity index (χ2n) is 6.25. The number of anilines is 3. The summed E-state index contributed by atoms with van der Waals surface area (Å²) in [6.45, 7) is 7.23. The average molecular weight is 345 g/mol. The predicted molar refractivity (Wildman–Crippen MR) is 99.1 cm³/mol. The second kappa shape index (κ2) is 7.17. The van der Waals surface area contributed by atoms with Crippen LogP contribution in [0.3, 0.4) is 0 Å². The Morgan fingerprint density at radius 1 is 1.25 bits per heavy atom. The van der Waals surface area contributed by atoms with Crippen LogP contribution in [0.15, 0.2) is 18.2 Å². The summed E-state index contributed by atoms with van der Waals surface area (Å²) >= 11 is 1.42. The van der Waals surface area contributed by atoms with Crippen molar-refractivity contribution in [1.82, 2.24) is 10.2 Å². The number of piperidine rings is 1. The Bertz CT molecular complexity index is 730. The van der Waals surface area contributed by atoms with Gasteiger partial charge in [-0.3, -0.25) is 5.32 Å². The molecule has 128 valence electrons. The number of aryl methyl sites for hydroxylation is 1. The van der Waals surface area contributed by atoms with Crippen molar-refractivity contribution in [3.05, 3.63) is 29.3 Å². The third-order valence-corrected chi connectivity index (χ3v) is 5.41. The molecule has 1 aromatic heterocycles. The van der Waals surface area contributed by atoms with Gasteiger partial charge < -0.3 is 10.2 Å². The number of carbonyl (C=O) groups is 1. The van der Waals surface area contributed by atoms with Crippen LogP contribution in [0, 0.1) is 13.8 Å². The Labute approximate surface area is 146 Å². The lowest BCUT2D eigenvalue weighted by Crippen LogP contribution is -2.37. The first kappa shape index (κ1) is 16.7. The molecule has 1 aromatic carbocycles. The fraction of sp³-hybridized carbons (Fsp3) is 0.471. The molecule has 1 saturated heterocycles. The highest BCUT2D eigenvalue weighted by molar-refractivity contribution is 7.19. The van der Waals surface area contributed by atoms with Crippen molar-refractivity contribution in [2.24, 2.45) is 0 Å². The Kier molecular flexibility index (Phi) is 4.99. The van der Waals surface area contributed by atoms with E-state index in [4.69, 9.17) is 0 Å². The highest BCUT2D eigenvalue weighted by Crippen LogP contribution is 2.29. The number of urea groups is 1. The van der Waals surface area contributed by atoms with Crippen molar-refractivity contribution in [2.75, 3.05) is 22.1 Å². The number of benzene rings is 1. The monoisotopic (exact) mass is 345 g/mol. The maximum atomic E-state index is 12.2. The van der Waals surface area contributed by atoms with Gasteiger partial charge in [-0.1, -0.05) is 23.5 Å². The van der Waals surface area contributed by atoms with Gasteiger partial charge in [0, 0.05) is 18.3 Å². The fourth-order valence-corrected chi connectivity index (χ4v) is 3.77. The Hall–Kier alpha value is -2.15. The van der Waals surface area contributed by atoms with E-state index in [2.05, 4.69) is 32.7 Å². The van der Waals surface area contributed by atoms with Crippen molar-refractivity contribution in [1.29, 1.82) is 0 Å². The number of hydrogen-bond acceptors (Lipinski definition) is 5. The van der Waals surface area contributed by atoms with E-state index >= 15 is 0 Å². The Balaban J connectivity index is 1.64. The maximum absolute atomic E-state index is 12.2. The standard InChI is InChI=1S/C17H23N5OS/c1-11-7-6-9-14(13(11)3)18-15(23)19-16-20-21-17(24-16)22-10-5-4-8-12(22)2/h6-7,9,12H,4-5,8,10H2,1-3H3,(H2,18,19,20,23)/t12-/m0/s1. The van der Waals surface area contributed by atoms with E-state index in [9.17, 15) is 4.79 Å². The van der Waals surface area contributed by atoms with E-state index in [-0.39, 0.29) is 6.03 Å². The topological polar surface area (TPSA) is 70.1 Å². The number of carbonyl (C=O) groups excluding carboxylic acids is 1. The molecule has 7 heteroatoms. The molecule has 3 rings (SSSR count). The van der Waals surface area contributed by atoms with E-state index < -0.39 is 0 Å². The van der Waals surface area contributed by atoms with Gasteiger partial charge in [-0.15, -0.1) is 10.2 Å². The molecule has 24 heavy (non-hydrogen) atoms. The zero-order chi connectivity index (χ0) is 17.1. The molecule has 1 atom stereocenters. The minimum Gasteiger partial charge on any atom is -0.344 e. The van der Waals surface area contributed by atoms with Crippen LogP contribution in [0.4, 0.5) is 20.7 Å². The summed E-state index contributed by atoms with van der Waals surface area (Å²) in [5, 5.41) is 15.4. The number of amides is 2. The number of hydrogen-bond donors (Lipinski definition) is 2. The minimum atomic E-state index is -0.293. The first-order chi connectivity index (χ1) is 11.5. The van der Waals surface area contributed by atoms with Crippen LogP contribution in [-0.2, 0) is 0 Å². The molecule has 1 aliphatic heterocycles. The molecular weight excluding hydrogens is 322 g/mol. The first-order valence-corrected chi connectivity index (χ1v) is 9.10. The zero-order valence-electron chi connectivity index (χ0n) is 14.3. The lowest BCUT2D eigenvalue weighted by atomic mass is 10.1. The molecule has 0 unspecified atom stereocenters. The lowest BCUT2D eigenvalue weighted by Gasteiger charge is -2.32. The summed E-state index contributed by atoms with van der Waals surface area (Å²) in [5.74, 6) is 0. The minimum absolute atomic E-state index is 0.293. The number of rotatable bonds is 3.